The Balaban J connectivity index is 1.35. The number of benzene rings is 2. The third-order valence-electron chi connectivity index (χ3n) is 6.68. The van der Waals surface area contributed by atoms with E-state index >= 15 is 0 Å². The monoisotopic (exact) mass is 377 g/mol. The van der Waals surface area contributed by atoms with Gasteiger partial charge in [0.1, 0.15) is 11.6 Å². The molecule has 0 N–H and O–H groups in total. The quantitative estimate of drug-likeness (QED) is 0.612. The third-order valence-corrected chi connectivity index (χ3v) is 6.68. The van der Waals surface area contributed by atoms with Crippen LogP contribution in [0, 0.1) is 12.7 Å². The maximum absolute atomic E-state index is 14.0. The average molecular weight is 378 g/mol. The molecule has 3 heterocycles. The lowest BCUT2D eigenvalue weighted by atomic mass is 9.89. The number of rotatable bonds is 3. The average Bonchev–Trinajstić information content (AvgIpc) is 3.05. The van der Waals surface area contributed by atoms with Crippen molar-refractivity contribution in [3.8, 4) is 0 Å². The van der Waals surface area contributed by atoms with Crippen molar-refractivity contribution in [3.63, 3.8) is 0 Å². The van der Waals surface area contributed by atoms with Crippen LogP contribution in [0.4, 0.5) is 4.39 Å². The smallest absolute Gasteiger partial charge is 0.125 e. The molecule has 3 nitrogen and oxygen atoms in total. The minimum atomic E-state index is -0.160. The molecule has 146 valence electrons. The van der Waals surface area contributed by atoms with Gasteiger partial charge in [-0.3, -0.25) is 4.90 Å². The summed E-state index contributed by atoms with van der Waals surface area (Å²) in [5.74, 6) is 1.60. The first-order valence-corrected chi connectivity index (χ1v) is 10.6. The van der Waals surface area contributed by atoms with Gasteiger partial charge in [-0.05, 0) is 75.7 Å². The molecule has 0 spiro atoms. The summed E-state index contributed by atoms with van der Waals surface area (Å²) >= 11 is 0. The highest BCUT2D eigenvalue weighted by Gasteiger charge is 2.26. The Hall–Kier alpha value is -2.20. The second kappa shape index (κ2) is 7.00. The van der Waals surface area contributed by atoms with E-state index in [4.69, 9.17) is 4.98 Å². The molecule has 4 heteroatoms. The molecule has 0 saturated carbocycles. The van der Waals surface area contributed by atoms with Gasteiger partial charge < -0.3 is 4.57 Å². The van der Waals surface area contributed by atoms with E-state index in [1.807, 2.05) is 0 Å². The zero-order chi connectivity index (χ0) is 19.3. The summed E-state index contributed by atoms with van der Waals surface area (Å²) in [6, 6.07) is 12.8. The summed E-state index contributed by atoms with van der Waals surface area (Å²) in [7, 11) is 0. The summed E-state index contributed by atoms with van der Waals surface area (Å²) in [4.78, 5) is 7.38. The van der Waals surface area contributed by atoms with Crippen molar-refractivity contribution in [1.29, 1.82) is 0 Å². The molecule has 3 aromatic rings. The predicted octanol–water partition coefficient (Wildman–Crippen LogP) is 5.37. The Morgan fingerprint density at radius 3 is 2.57 bits per heavy atom. The number of nitrogens with zero attached hydrogens (tertiary/aromatic N) is 3. The predicted molar refractivity (Wildman–Crippen MR) is 111 cm³/mol. The number of aromatic nitrogens is 2. The molecule has 1 atom stereocenters. The van der Waals surface area contributed by atoms with Crippen LogP contribution in [0.2, 0.25) is 0 Å². The number of hydrogen-bond donors (Lipinski definition) is 0. The van der Waals surface area contributed by atoms with E-state index in [1.165, 1.54) is 24.0 Å². The van der Waals surface area contributed by atoms with Crippen LogP contribution in [0.3, 0.4) is 0 Å². The lowest BCUT2D eigenvalue weighted by molar-refractivity contribution is 0.196. The molecule has 1 saturated heterocycles. The van der Waals surface area contributed by atoms with E-state index in [2.05, 4.69) is 47.6 Å². The Morgan fingerprint density at radius 1 is 1.07 bits per heavy atom. The molecule has 0 radical (unpaired) electrons. The number of halogens is 1. The molecular weight excluding hydrogens is 349 g/mol. The van der Waals surface area contributed by atoms with Crippen LogP contribution in [0.1, 0.15) is 60.7 Å². The summed E-state index contributed by atoms with van der Waals surface area (Å²) in [5.41, 5.74) is 5.90. The minimum absolute atomic E-state index is 0.160. The number of likely N-dealkylation sites (tertiary alicyclic amines) is 1. The van der Waals surface area contributed by atoms with Crippen LogP contribution in [0.15, 0.2) is 36.4 Å². The van der Waals surface area contributed by atoms with Gasteiger partial charge in [-0.25, -0.2) is 9.37 Å². The van der Waals surface area contributed by atoms with Crippen LogP contribution < -0.4 is 0 Å². The SMILES string of the molecule is Cc1ccc(C2CCN(Cc3nc4cc(F)cc5c4n3C(C)CC5)CC2)cc1. The van der Waals surface area contributed by atoms with Crippen molar-refractivity contribution in [2.24, 2.45) is 0 Å². The van der Waals surface area contributed by atoms with Crippen molar-refractivity contribution in [3.05, 3.63) is 64.7 Å². The van der Waals surface area contributed by atoms with Crippen molar-refractivity contribution >= 4 is 11.0 Å². The van der Waals surface area contributed by atoms with Crippen LogP contribution in [0.25, 0.3) is 11.0 Å². The normalized spacial score (nSPS) is 20.8. The van der Waals surface area contributed by atoms with Crippen LogP contribution in [-0.4, -0.2) is 27.5 Å². The van der Waals surface area contributed by atoms with Crippen molar-refractivity contribution in [2.45, 2.75) is 58.0 Å². The molecule has 0 aliphatic carbocycles. The molecule has 5 rings (SSSR count). The fraction of sp³-hybridized carbons (Fsp3) is 0.458. The van der Waals surface area contributed by atoms with Crippen LogP contribution >= 0.6 is 0 Å². The first-order chi connectivity index (χ1) is 13.6. The molecule has 0 bridgehead atoms. The first kappa shape index (κ1) is 17.9. The van der Waals surface area contributed by atoms with E-state index in [0.717, 1.165) is 54.9 Å². The second-order valence-electron chi connectivity index (χ2n) is 8.68. The first-order valence-electron chi connectivity index (χ1n) is 10.6. The Kier molecular flexibility index (Phi) is 4.47. The highest BCUT2D eigenvalue weighted by atomic mass is 19.1. The van der Waals surface area contributed by atoms with Gasteiger partial charge in [0.15, 0.2) is 0 Å². The zero-order valence-electron chi connectivity index (χ0n) is 16.8. The lowest BCUT2D eigenvalue weighted by Gasteiger charge is -2.33. The molecule has 28 heavy (non-hydrogen) atoms. The van der Waals surface area contributed by atoms with Crippen LogP contribution in [-0.2, 0) is 13.0 Å². The molecule has 1 aromatic heterocycles. The molecule has 0 amide bonds. The molecule has 1 fully saturated rings. The van der Waals surface area contributed by atoms with E-state index < -0.39 is 0 Å². The Labute approximate surface area is 166 Å². The van der Waals surface area contributed by atoms with Gasteiger partial charge in [-0.15, -0.1) is 0 Å². The summed E-state index contributed by atoms with van der Waals surface area (Å²) < 4.78 is 16.3. The minimum Gasteiger partial charge on any atom is -0.324 e. The molecular formula is C24H28FN3. The maximum atomic E-state index is 14.0. The van der Waals surface area contributed by atoms with Gasteiger partial charge in [-0.2, -0.15) is 0 Å². The summed E-state index contributed by atoms with van der Waals surface area (Å²) in [6.07, 6.45) is 4.39. The van der Waals surface area contributed by atoms with Gasteiger partial charge in [0, 0.05) is 12.1 Å². The summed E-state index contributed by atoms with van der Waals surface area (Å²) in [5, 5.41) is 0. The van der Waals surface area contributed by atoms with Crippen molar-refractivity contribution < 1.29 is 4.39 Å². The highest BCUT2D eigenvalue weighted by Crippen LogP contribution is 2.34. The van der Waals surface area contributed by atoms with Gasteiger partial charge in [-0.1, -0.05) is 29.8 Å². The lowest BCUT2D eigenvalue weighted by Crippen LogP contribution is -2.33. The Morgan fingerprint density at radius 2 is 1.82 bits per heavy atom. The third kappa shape index (κ3) is 3.14. The zero-order valence-corrected chi connectivity index (χ0v) is 16.8. The fourth-order valence-electron chi connectivity index (χ4n) is 5.06. The van der Waals surface area contributed by atoms with Crippen LogP contribution in [0.5, 0.6) is 0 Å². The van der Waals surface area contributed by atoms with Crippen molar-refractivity contribution in [1.82, 2.24) is 14.5 Å². The standard InChI is InChI=1S/C24H28FN3/c1-16-3-6-18(7-4-16)19-9-11-27(12-10-19)15-23-26-22-14-21(25)13-20-8-5-17(2)28(23)24(20)22/h3-4,6-7,13-14,17,19H,5,8-12,15H2,1-2H3. The second-order valence-corrected chi connectivity index (χ2v) is 8.68. The van der Waals surface area contributed by atoms with Gasteiger partial charge in [0.05, 0.1) is 17.6 Å². The van der Waals surface area contributed by atoms with Gasteiger partial charge in [0.25, 0.3) is 0 Å². The van der Waals surface area contributed by atoms with E-state index in [9.17, 15) is 4.39 Å². The van der Waals surface area contributed by atoms with E-state index in [1.54, 1.807) is 12.1 Å². The fourth-order valence-corrected chi connectivity index (χ4v) is 5.06. The Bertz CT molecular complexity index is 997. The molecule has 1 unspecified atom stereocenters. The molecule has 2 aliphatic rings. The van der Waals surface area contributed by atoms with Gasteiger partial charge >= 0.3 is 0 Å². The van der Waals surface area contributed by atoms with Crippen molar-refractivity contribution in [2.75, 3.05) is 13.1 Å². The van der Waals surface area contributed by atoms with Gasteiger partial charge in [0.2, 0.25) is 0 Å². The number of aryl methyl sites for hydroxylation is 2. The highest BCUT2D eigenvalue weighted by molar-refractivity contribution is 5.80. The van der Waals surface area contributed by atoms with E-state index in [0.29, 0.717) is 12.0 Å². The van der Waals surface area contributed by atoms with E-state index in [-0.39, 0.29) is 5.82 Å². The number of piperidine rings is 1. The topological polar surface area (TPSA) is 21.1 Å². The number of imidazole rings is 1. The largest absolute Gasteiger partial charge is 0.324 e. The summed E-state index contributed by atoms with van der Waals surface area (Å²) in [6.45, 7) is 7.46. The number of hydrogen-bond acceptors (Lipinski definition) is 2. The molecule has 2 aromatic carbocycles. The maximum Gasteiger partial charge on any atom is 0.125 e. The molecule has 2 aliphatic heterocycles.